The molecule has 2 aliphatic rings. The summed E-state index contributed by atoms with van der Waals surface area (Å²) in [7, 11) is 0. The molecule has 0 radical (unpaired) electrons. The van der Waals surface area contributed by atoms with Crippen LogP contribution in [-0.2, 0) is 0 Å². The number of rotatable bonds is 2. The van der Waals surface area contributed by atoms with Crippen molar-refractivity contribution in [3.05, 3.63) is 79.2 Å². The molecule has 0 fully saturated rings. The molecule has 2 aliphatic carbocycles. The highest BCUT2D eigenvalue weighted by Crippen LogP contribution is 2.30. The van der Waals surface area contributed by atoms with Crippen molar-refractivity contribution < 1.29 is 9.85 Å². The van der Waals surface area contributed by atoms with E-state index in [0.29, 0.717) is 0 Å². The third-order valence-electron chi connectivity index (χ3n) is 2.27. The first-order chi connectivity index (χ1) is 7.61. The molecule has 0 saturated heterocycles. The van der Waals surface area contributed by atoms with Crippen molar-refractivity contribution in [3.63, 3.8) is 0 Å². The molecule has 2 rings (SSSR count). The zero-order chi connectivity index (χ0) is 11.7. The fourth-order valence-electron chi connectivity index (χ4n) is 1.60. The fourth-order valence-corrected chi connectivity index (χ4v) is 1.60. The zero-order valence-electron chi connectivity index (χ0n) is 7.99. The van der Waals surface area contributed by atoms with E-state index in [9.17, 15) is 20.2 Å². The first kappa shape index (κ1) is 10.0. The van der Waals surface area contributed by atoms with Gasteiger partial charge in [0.1, 0.15) is 0 Å². The molecule has 0 bridgehead atoms. The summed E-state index contributed by atoms with van der Waals surface area (Å²) in [6, 6.07) is 0. The quantitative estimate of drug-likeness (QED) is 0.521. The van der Waals surface area contributed by atoms with Gasteiger partial charge >= 0.3 is 0 Å². The summed E-state index contributed by atoms with van der Waals surface area (Å²) in [5, 5.41) is 21.4. The lowest BCUT2D eigenvalue weighted by Crippen LogP contribution is -2.05. The lowest BCUT2D eigenvalue weighted by Gasteiger charge is -2.00. The Hall–Kier alpha value is -2.50. The fraction of sp³-hybridized carbons (Fsp3) is 0. The van der Waals surface area contributed by atoms with Gasteiger partial charge in [0.2, 0.25) is 0 Å². The lowest BCUT2D eigenvalue weighted by molar-refractivity contribution is -0.423. The van der Waals surface area contributed by atoms with Crippen LogP contribution >= 0.6 is 0 Å². The highest BCUT2D eigenvalue weighted by molar-refractivity contribution is 5.58. The predicted molar refractivity (Wildman–Crippen MR) is 55.5 cm³/mol. The number of hydrogen-bond acceptors (Lipinski definition) is 4. The largest absolute Gasteiger partial charge is 0.277 e. The Morgan fingerprint density at radius 3 is 1.50 bits per heavy atom. The predicted octanol–water partition coefficient (Wildman–Crippen LogP) is 1.74. The summed E-state index contributed by atoms with van der Waals surface area (Å²) < 4.78 is 0. The molecule has 0 aromatic rings. The van der Waals surface area contributed by atoms with Gasteiger partial charge in [0.25, 0.3) is 11.4 Å². The van der Waals surface area contributed by atoms with Gasteiger partial charge in [0.15, 0.2) is 0 Å². The maximum atomic E-state index is 10.7. The average Bonchev–Trinajstić information content (AvgIpc) is 2.85. The maximum Gasteiger partial charge on any atom is 0.277 e. The van der Waals surface area contributed by atoms with Crippen LogP contribution in [0, 0.1) is 20.2 Å². The Kier molecular flexibility index (Phi) is 2.24. The van der Waals surface area contributed by atoms with Crippen molar-refractivity contribution in [1.29, 1.82) is 0 Å². The molecule has 0 saturated carbocycles. The van der Waals surface area contributed by atoms with Crippen LogP contribution in [0.15, 0.2) is 59.0 Å². The zero-order valence-corrected chi connectivity index (χ0v) is 7.99. The molecule has 0 aliphatic heterocycles. The van der Waals surface area contributed by atoms with Gasteiger partial charge in [-0.3, -0.25) is 20.2 Å². The number of hydrogen-bond donors (Lipinski definition) is 0. The van der Waals surface area contributed by atoms with E-state index >= 15 is 0 Å². The SMILES string of the molecule is O=[N+]([O-])C1=CC=CC1=C1C=CC=C1[N+](=O)[O-]. The first-order valence-corrected chi connectivity index (χ1v) is 4.42. The topological polar surface area (TPSA) is 86.3 Å². The van der Waals surface area contributed by atoms with E-state index in [4.69, 9.17) is 0 Å². The van der Waals surface area contributed by atoms with Crippen LogP contribution in [0.3, 0.4) is 0 Å². The maximum absolute atomic E-state index is 10.7. The van der Waals surface area contributed by atoms with Crippen LogP contribution in [0.2, 0.25) is 0 Å². The highest BCUT2D eigenvalue weighted by Gasteiger charge is 2.28. The molecule has 0 heterocycles. The first-order valence-electron chi connectivity index (χ1n) is 4.42. The molecule has 6 heteroatoms. The molecular weight excluding hydrogens is 212 g/mol. The second kappa shape index (κ2) is 3.58. The van der Waals surface area contributed by atoms with E-state index in [-0.39, 0.29) is 22.5 Å². The summed E-state index contributed by atoms with van der Waals surface area (Å²) in [6.45, 7) is 0. The van der Waals surface area contributed by atoms with Crippen LogP contribution in [0.5, 0.6) is 0 Å². The molecular formula is C10H6N2O4. The average molecular weight is 218 g/mol. The van der Waals surface area contributed by atoms with Crippen LogP contribution in [0.4, 0.5) is 0 Å². The summed E-state index contributed by atoms with van der Waals surface area (Å²) in [5.74, 6) is 0. The van der Waals surface area contributed by atoms with E-state index in [0.717, 1.165) is 0 Å². The second-order valence-corrected chi connectivity index (χ2v) is 3.16. The van der Waals surface area contributed by atoms with Crippen molar-refractivity contribution in [2.75, 3.05) is 0 Å². The van der Waals surface area contributed by atoms with E-state index in [2.05, 4.69) is 0 Å². The Morgan fingerprint density at radius 2 is 1.19 bits per heavy atom. The molecule has 0 aromatic heterocycles. The van der Waals surface area contributed by atoms with Crippen LogP contribution < -0.4 is 0 Å². The lowest BCUT2D eigenvalue weighted by atomic mass is 10.1. The van der Waals surface area contributed by atoms with Gasteiger partial charge in [-0.05, 0) is 12.2 Å². The van der Waals surface area contributed by atoms with Crippen molar-refractivity contribution in [3.8, 4) is 0 Å². The summed E-state index contributed by atoms with van der Waals surface area (Å²) >= 11 is 0. The van der Waals surface area contributed by atoms with Gasteiger partial charge in [-0.2, -0.15) is 0 Å². The summed E-state index contributed by atoms with van der Waals surface area (Å²) in [6.07, 6.45) is 8.66. The molecule has 0 spiro atoms. The molecule has 16 heavy (non-hydrogen) atoms. The van der Waals surface area contributed by atoms with Crippen molar-refractivity contribution in [1.82, 2.24) is 0 Å². The summed E-state index contributed by atoms with van der Waals surface area (Å²) in [5.41, 5.74) is 0.326. The minimum absolute atomic E-state index is 0.116. The normalized spacial score (nSPS) is 22.2. The third-order valence-corrected chi connectivity index (χ3v) is 2.27. The Morgan fingerprint density at radius 1 is 0.812 bits per heavy atom. The molecule has 0 atom stereocenters. The van der Waals surface area contributed by atoms with Gasteiger partial charge in [-0.1, -0.05) is 12.2 Å². The van der Waals surface area contributed by atoms with Crippen LogP contribution in [0.1, 0.15) is 0 Å². The van der Waals surface area contributed by atoms with Gasteiger partial charge in [0.05, 0.1) is 21.0 Å². The standard InChI is InChI=1S/C10H6N2O4/c13-11(14)9-5-1-3-7(9)8-4-2-6-10(8)12(15)16/h1-6H. The van der Waals surface area contributed by atoms with Gasteiger partial charge < -0.3 is 0 Å². The summed E-state index contributed by atoms with van der Waals surface area (Å²) in [4.78, 5) is 20.3. The highest BCUT2D eigenvalue weighted by atomic mass is 16.6. The van der Waals surface area contributed by atoms with Crippen molar-refractivity contribution >= 4 is 0 Å². The minimum Gasteiger partial charge on any atom is -0.258 e. The Labute approximate surface area is 89.9 Å². The van der Waals surface area contributed by atoms with Gasteiger partial charge in [-0.15, -0.1) is 0 Å². The Bertz CT molecular complexity index is 487. The van der Waals surface area contributed by atoms with E-state index < -0.39 is 9.85 Å². The molecule has 80 valence electrons. The number of nitrogens with zero attached hydrogens (tertiary/aromatic N) is 2. The van der Waals surface area contributed by atoms with Crippen LogP contribution in [-0.4, -0.2) is 9.85 Å². The number of allylic oxidation sites excluding steroid dienone is 6. The third kappa shape index (κ3) is 1.46. The van der Waals surface area contributed by atoms with Gasteiger partial charge in [-0.25, -0.2) is 0 Å². The van der Waals surface area contributed by atoms with Crippen LogP contribution in [0.25, 0.3) is 0 Å². The van der Waals surface area contributed by atoms with E-state index in [1.54, 1.807) is 0 Å². The Balaban J connectivity index is 2.51. The minimum atomic E-state index is -0.550. The molecule has 0 unspecified atom stereocenters. The molecule has 0 amide bonds. The van der Waals surface area contributed by atoms with Gasteiger partial charge in [0, 0.05) is 12.2 Å². The monoisotopic (exact) mass is 218 g/mol. The molecule has 0 aromatic carbocycles. The van der Waals surface area contributed by atoms with Crippen molar-refractivity contribution in [2.45, 2.75) is 0 Å². The second-order valence-electron chi connectivity index (χ2n) is 3.16. The number of nitro groups is 2. The molecule has 6 nitrogen and oxygen atoms in total. The van der Waals surface area contributed by atoms with E-state index in [1.165, 1.54) is 36.5 Å². The smallest absolute Gasteiger partial charge is 0.258 e. The molecule has 0 N–H and O–H groups in total. The van der Waals surface area contributed by atoms with E-state index in [1.807, 2.05) is 0 Å². The van der Waals surface area contributed by atoms with Crippen molar-refractivity contribution in [2.24, 2.45) is 0 Å².